The molecular weight excluding hydrogens is 340 g/mol. The van der Waals surface area contributed by atoms with Gasteiger partial charge in [0.25, 0.3) is 0 Å². The molecule has 0 bridgehead atoms. The summed E-state index contributed by atoms with van der Waals surface area (Å²) in [4.78, 5) is 0. The summed E-state index contributed by atoms with van der Waals surface area (Å²) in [5.74, 6) is 0.276. The zero-order valence-electron chi connectivity index (χ0n) is 15.6. The lowest BCUT2D eigenvalue weighted by Gasteiger charge is -2.33. The average Bonchev–Trinajstić information content (AvgIpc) is 2.78. The molecule has 4 aromatic carbocycles. The van der Waals surface area contributed by atoms with E-state index >= 15 is 0 Å². The van der Waals surface area contributed by atoms with Crippen molar-refractivity contribution in [3.63, 3.8) is 0 Å². The predicted octanol–water partition coefficient (Wildman–Crippen LogP) is 6.44. The first-order valence-electron chi connectivity index (χ1n) is 9.44. The minimum absolute atomic E-state index is 0.276. The maximum Gasteiger partial charge on any atom is 0.115 e. The van der Waals surface area contributed by atoms with Crippen LogP contribution in [0.2, 0.25) is 0 Å². The molecule has 0 aliphatic heterocycles. The van der Waals surface area contributed by atoms with E-state index in [1.165, 1.54) is 16.7 Å². The second-order valence-electron chi connectivity index (χ2n) is 6.83. The molecular formula is C27H22O. The molecule has 0 saturated carbocycles. The molecule has 28 heavy (non-hydrogen) atoms. The number of allylic oxidation sites excluding steroid dienone is 1. The van der Waals surface area contributed by atoms with Crippen LogP contribution in [-0.4, -0.2) is 5.11 Å². The summed E-state index contributed by atoms with van der Waals surface area (Å²) in [6.07, 6.45) is 4.39. The first kappa shape index (κ1) is 17.8. The van der Waals surface area contributed by atoms with Crippen molar-refractivity contribution in [3.8, 4) is 5.75 Å². The molecule has 0 aromatic heterocycles. The van der Waals surface area contributed by atoms with Crippen LogP contribution in [0.15, 0.2) is 121 Å². The molecule has 0 unspecified atom stereocenters. The number of aromatic hydroxyl groups is 1. The minimum Gasteiger partial charge on any atom is -0.508 e. The van der Waals surface area contributed by atoms with E-state index in [1.54, 1.807) is 12.1 Å². The normalized spacial score (nSPS) is 11.6. The number of phenols is 1. The Morgan fingerprint density at radius 2 is 0.893 bits per heavy atom. The van der Waals surface area contributed by atoms with Gasteiger partial charge in [0.15, 0.2) is 0 Å². The zero-order chi connectivity index (χ0) is 19.2. The van der Waals surface area contributed by atoms with Crippen LogP contribution in [-0.2, 0) is 5.41 Å². The highest BCUT2D eigenvalue weighted by atomic mass is 16.3. The molecule has 0 atom stereocenters. The van der Waals surface area contributed by atoms with Crippen molar-refractivity contribution in [2.75, 3.05) is 0 Å². The molecule has 0 heterocycles. The van der Waals surface area contributed by atoms with Gasteiger partial charge in [-0.3, -0.25) is 0 Å². The number of phenolic OH excluding ortho intramolecular Hbond substituents is 1. The molecule has 136 valence electrons. The van der Waals surface area contributed by atoms with E-state index in [0.717, 1.165) is 5.56 Å². The Hall–Kier alpha value is -3.58. The fourth-order valence-corrected chi connectivity index (χ4v) is 3.70. The van der Waals surface area contributed by atoms with Gasteiger partial charge in [-0.2, -0.15) is 0 Å². The lowest BCUT2D eigenvalue weighted by atomic mass is 9.69. The van der Waals surface area contributed by atoms with Crippen LogP contribution >= 0.6 is 0 Å². The van der Waals surface area contributed by atoms with Gasteiger partial charge in [0.05, 0.1) is 5.41 Å². The highest BCUT2D eigenvalue weighted by Gasteiger charge is 2.33. The Morgan fingerprint density at radius 3 is 1.29 bits per heavy atom. The maximum absolute atomic E-state index is 9.59. The van der Waals surface area contributed by atoms with Crippen molar-refractivity contribution in [2.45, 2.75) is 5.41 Å². The summed E-state index contributed by atoms with van der Waals surface area (Å²) in [6, 6.07) is 39.1. The van der Waals surface area contributed by atoms with Gasteiger partial charge in [0.1, 0.15) is 5.75 Å². The topological polar surface area (TPSA) is 20.2 Å². The monoisotopic (exact) mass is 362 g/mol. The summed E-state index contributed by atoms with van der Waals surface area (Å²) >= 11 is 0. The van der Waals surface area contributed by atoms with Gasteiger partial charge in [0.2, 0.25) is 0 Å². The van der Waals surface area contributed by atoms with Crippen molar-refractivity contribution >= 4 is 6.08 Å². The Morgan fingerprint density at radius 1 is 0.500 bits per heavy atom. The largest absolute Gasteiger partial charge is 0.508 e. The smallest absolute Gasteiger partial charge is 0.115 e. The fourth-order valence-electron chi connectivity index (χ4n) is 3.70. The van der Waals surface area contributed by atoms with Gasteiger partial charge in [-0.25, -0.2) is 0 Å². The van der Waals surface area contributed by atoms with Gasteiger partial charge in [-0.1, -0.05) is 115 Å². The standard InChI is InChI=1S/C27H22O/c28-26-18-16-22(17-19-26)20-21-27(23-10-4-1-5-11-23,24-12-6-2-7-13-24)25-14-8-3-9-15-25/h1-21,28H. The molecule has 0 spiro atoms. The second kappa shape index (κ2) is 7.98. The van der Waals surface area contributed by atoms with E-state index in [-0.39, 0.29) is 5.75 Å². The molecule has 4 aromatic rings. The summed E-state index contributed by atoms with van der Waals surface area (Å²) in [5.41, 5.74) is 4.26. The van der Waals surface area contributed by atoms with Gasteiger partial charge in [-0.05, 0) is 34.4 Å². The number of rotatable bonds is 5. The van der Waals surface area contributed by atoms with Gasteiger partial charge >= 0.3 is 0 Å². The highest BCUT2D eigenvalue weighted by molar-refractivity contribution is 5.62. The summed E-state index contributed by atoms with van der Waals surface area (Å²) in [5, 5.41) is 9.59. The average molecular weight is 362 g/mol. The van der Waals surface area contributed by atoms with Crippen LogP contribution < -0.4 is 0 Å². The quantitative estimate of drug-likeness (QED) is 0.405. The molecule has 0 fully saturated rings. The van der Waals surface area contributed by atoms with E-state index in [4.69, 9.17) is 0 Å². The number of hydrogen-bond acceptors (Lipinski definition) is 1. The molecule has 0 saturated heterocycles. The third-order valence-corrected chi connectivity index (χ3v) is 5.11. The third-order valence-electron chi connectivity index (χ3n) is 5.11. The van der Waals surface area contributed by atoms with Gasteiger partial charge in [0, 0.05) is 0 Å². The van der Waals surface area contributed by atoms with Crippen molar-refractivity contribution in [1.29, 1.82) is 0 Å². The van der Waals surface area contributed by atoms with Crippen LogP contribution in [0.4, 0.5) is 0 Å². The molecule has 1 N–H and O–H groups in total. The molecule has 1 nitrogen and oxygen atoms in total. The minimum atomic E-state index is -0.415. The van der Waals surface area contributed by atoms with Crippen molar-refractivity contribution < 1.29 is 5.11 Å². The molecule has 0 amide bonds. The van der Waals surface area contributed by atoms with Crippen molar-refractivity contribution in [3.05, 3.63) is 144 Å². The SMILES string of the molecule is Oc1ccc(C=CC(c2ccccc2)(c2ccccc2)c2ccccc2)cc1. The van der Waals surface area contributed by atoms with Crippen LogP contribution in [0, 0.1) is 0 Å². The van der Waals surface area contributed by atoms with E-state index in [1.807, 2.05) is 30.3 Å². The van der Waals surface area contributed by atoms with E-state index in [0.29, 0.717) is 0 Å². The third kappa shape index (κ3) is 3.47. The second-order valence-corrected chi connectivity index (χ2v) is 6.83. The molecule has 4 rings (SSSR count). The van der Waals surface area contributed by atoms with Crippen LogP contribution in [0.5, 0.6) is 5.75 Å². The fraction of sp³-hybridized carbons (Fsp3) is 0.0370. The predicted molar refractivity (Wildman–Crippen MR) is 116 cm³/mol. The molecule has 0 aliphatic carbocycles. The van der Waals surface area contributed by atoms with E-state index in [2.05, 4.69) is 84.9 Å². The first-order chi connectivity index (χ1) is 13.8. The molecule has 0 radical (unpaired) electrons. The van der Waals surface area contributed by atoms with Crippen LogP contribution in [0.25, 0.3) is 6.08 Å². The maximum atomic E-state index is 9.59. The lowest BCUT2D eigenvalue weighted by molar-refractivity contribution is 0.475. The first-order valence-corrected chi connectivity index (χ1v) is 9.44. The Labute approximate surface area is 166 Å². The Bertz CT molecular complexity index is 937. The molecule has 0 aliphatic rings. The Balaban J connectivity index is 1.97. The number of benzene rings is 4. The van der Waals surface area contributed by atoms with Crippen LogP contribution in [0.1, 0.15) is 22.3 Å². The molecule has 1 heteroatoms. The summed E-state index contributed by atoms with van der Waals surface area (Å²) in [7, 11) is 0. The van der Waals surface area contributed by atoms with E-state index in [9.17, 15) is 5.11 Å². The summed E-state index contributed by atoms with van der Waals surface area (Å²) < 4.78 is 0. The van der Waals surface area contributed by atoms with Gasteiger partial charge < -0.3 is 5.11 Å². The Kier molecular flexibility index (Phi) is 5.07. The number of hydrogen-bond donors (Lipinski definition) is 1. The lowest BCUT2D eigenvalue weighted by Crippen LogP contribution is -2.26. The summed E-state index contributed by atoms with van der Waals surface area (Å²) in [6.45, 7) is 0. The van der Waals surface area contributed by atoms with Crippen molar-refractivity contribution in [2.24, 2.45) is 0 Å². The van der Waals surface area contributed by atoms with E-state index < -0.39 is 5.41 Å². The van der Waals surface area contributed by atoms with Crippen molar-refractivity contribution in [1.82, 2.24) is 0 Å². The zero-order valence-corrected chi connectivity index (χ0v) is 15.6. The highest BCUT2D eigenvalue weighted by Crippen LogP contribution is 2.41. The van der Waals surface area contributed by atoms with Gasteiger partial charge in [-0.15, -0.1) is 0 Å². The van der Waals surface area contributed by atoms with Crippen LogP contribution in [0.3, 0.4) is 0 Å².